The molecule has 0 saturated carbocycles. The van der Waals surface area contributed by atoms with E-state index >= 15 is 0 Å². The second-order valence-electron chi connectivity index (χ2n) is 10.5. The van der Waals surface area contributed by atoms with E-state index in [2.05, 4.69) is 42.0 Å². The fourth-order valence-corrected chi connectivity index (χ4v) is 3.83. The van der Waals surface area contributed by atoms with Crippen LogP contribution in [0.5, 0.6) is 5.75 Å². The molecule has 1 atom stereocenters. The molecule has 0 aliphatic carbocycles. The molecule has 0 bridgehead atoms. The topological polar surface area (TPSA) is 58.6 Å². The fourth-order valence-electron chi connectivity index (χ4n) is 3.33. The first-order valence-corrected chi connectivity index (χ1v) is 12.1. The Labute approximate surface area is 207 Å². The zero-order chi connectivity index (χ0) is 25.0. The average molecular weight is 518 g/mol. The Bertz CT molecular complexity index is 990. The van der Waals surface area contributed by atoms with Gasteiger partial charge in [0, 0.05) is 12.1 Å². The van der Waals surface area contributed by atoms with Crippen molar-refractivity contribution in [2.45, 2.75) is 78.9 Å². The highest BCUT2D eigenvalue weighted by Gasteiger charge is 2.29. The summed E-state index contributed by atoms with van der Waals surface area (Å²) in [4.78, 5) is 27.8. The van der Waals surface area contributed by atoms with E-state index in [-0.39, 0.29) is 29.4 Å². The molecular formula is C27H37BrN2O3. The molecule has 2 rings (SSSR count). The first kappa shape index (κ1) is 26.9. The number of hydrogen-bond donors (Lipinski definition) is 1. The van der Waals surface area contributed by atoms with Crippen LogP contribution in [0.3, 0.4) is 0 Å². The van der Waals surface area contributed by atoms with E-state index in [0.29, 0.717) is 12.3 Å². The third-order valence-electron chi connectivity index (χ3n) is 5.42. The number of carbonyl (C=O) groups excluding carboxylic acids is 2. The normalized spacial score (nSPS) is 12.8. The number of aryl methyl sites for hydroxylation is 1. The number of ether oxygens (including phenoxy) is 1. The first-order chi connectivity index (χ1) is 15.2. The Hall–Kier alpha value is -2.34. The fraction of sp³-hybridized carbons (Fsp3) is 0.481. The van der Waals surface area contributed by atoms with Gasteiger partial charge in [-0.15, -0.1) is 0 Å². The zero-order valence-corrected chi connectivity index (χ0v) is 22.7. The summed E-state index contributed by atoms with van der Waals surface area (Å²) >= 11 is 3.56. The summed E-state index contributed by atoms with van der Waals surface area (Å²) in [5.41, 5.74) is 2.86. The van der Waals surface area contributed by atoms with Crippen molar-refractivity contribution in [3.05, 3.63) is 63.6 Å². The van der Waals surface area contributed by atoms with Gasteiger partial charge in [-0.2, -0.15) is 0 Å². The molecule has 0 saturated heterocycles. The van der Waals surface area contributed by atoms with Crippen molar-refractivity contribution in [3.63, 3.8) is 0 Å². The molecule has 6 heteroatoms. The first-order valence-electron chi connectivity index (χ1n) is 11.3. The Morgan fingerprint density at radius 2 is 1.70 bits per heavy atom. The molecule has 2 amide bonds. The van der Waals surface area contributed by atoms with Crippen LogP contribution >= 0.6 is 15.9 Å². The molecule has 0 aromatic heterocycles. The van der Waals surface area contributed by atoms with Crippen LogP contribution in [0.2, 0.25) is 0 Å². The summed E-state index contributed by atoms with van der Waals surface area (Å²) in [7, 11) is 0. The zero-order valence-electron chi connectivity index (χ0n) is 21.1. The van der Waals surface area contributed by atoms with Gasteiger partial charge in [0.05, 0.1) is 4.47 Å². The maximum Gasteiger partial charge on any atom is 0.261 e. The van der Waals surface area contributed by atoms with E-state index in [9.17, 15) is 9.59 Å². The monoisotopic (exact) mass is 516 g/mol. The van der Waals surface area contributed by atoms with Crippen LogP contribution < -0.4 is 10.1 Å². The highest BCUT2D eigenvalue weighted by atomic mass is 79.9. The van der Waals surface area contributed by atoms with Crippen molar-refractivity contribution in [3.8, 4) is 5.75 Å². The van der Waals surface area contributed by atoms with Gasteiger partial charge in [-0.3, -0.25) is 9.59 Å². The third kappa shape index (κ3) is 7.88. The van der Waals surface area contributed by atoms with Crippen LogP contribution in [0, 0.1) is 6.92 Å². The van der Waals surface area contributed by atoms with Crippen LogP contribution in [-0.4, -0.2) is 34.9 Å². The molecule has 5 nitrogen and oxygen atoms in total. The molecule has 0 radical (unpaired) electrons. The van der Waals surface area contributed by atoms with Gasteiger partial charge in [0.15, 0.2) is 6.61 Å². The molecule has 33 heavy (non-hydrogen) atoms. The summed E-state index contributed by atoms with van der Waals surface area (Å²) in [5.74, 6) is 0.153. The van der Waals surface area contributed by atoms with Crippen molar-refractivity contribution in [2.75, 3.05) is 6.61 Å². The van der Waals surface area contributed by atoms with Gasteiger partial charge in [0.25, 0.3) is 5.91 Å². The van der Waals surface area contributed by atoms with E-state index in [1.807, 2.05) is 70.2 Å². The highest BCUT2D eigenvalue weighted by Crippen LogP contribution is 2.31. The minimum atomic E-state index is -0.647. The second-order valence-corrected chi connectivity index (χ2v) is 11.4. The molecule has 0 fully saturated rings. The second kappa shape index (κ2) is 10.7. The van der Waals surface area contributed by atoms with Gasteiger partial charge in [0.2, 0.25) is 5.91 Å². The van der Waals surface area contributed by atoms with Crippen LogP contribution in [-0.2, 0) is 21.5 Å². The number of nitrogens with one attached hydrogen (secondary N) is 1. The van der Waals surface area contributed by atoms with E-state index in [1.54, 1.807) is 11.8 Å². The Morgan fingerprint density at radius 3 is 2.24 bits per heavy atom. The Morgan fingerprint density at radius 1 is 1.06 bits per heavy atom. The lowest BCUT2D eigenvalue weighted by atomic mass is 9.87. The smallest absolute Gasteiger partial charge is 0.261 e. The Balaban J connectivity index is 2.22. The molecule has 0 aliphatic rings. The van der Waals surface area contributed by atoms with Crippen molar-refractivity contribution in [2.24, 2.45) is 0 Å². The van der Waals surface area contributed by atoms with Crippen LogP contribution in [0.25, 0.3) is 0 Å². The van der Waals surface area contributed by atoms with Gasteiger partial charge in [-0.25, -0.2) is 0 Å². The number of rotatable bonds is 7. The summed E-state index contributed by atoms with van der Waals surface area (Å²) in [5, 5.41) is 2.98. The van der Waals surface area contributed by atoms with Crippen LogP contribution in [0.4, 0.5) is 0 Å². The number of carbonyl (C=O) groups is 2. The van der Waals surface area contributed by atoms with Crippen molar-refractivity contribution >= 4 is 27.7 Å². The Kier molecular flexibility index (Phi) is 8.75. The summed E-state index contributed by atoms with van der Waals surface area (Å²) in [6, 6.07) is 13.1. The molecule has 2 aromatic carbocycles. The minimum Gasteiger partial charge on any atom is -0.483 e. The number of hydrogen-bond acceptors (Lipinski definition) is 3. The predicted molar refractivity (Wildman–Crippen MR) is 137 cm³/mol. The van der Waals surface area contributed by atoms with Crippen LogP contribution in [0.15, 0.2) is 46.9 Å². The molecular weight excluding hydrogens is 480 g/mol. The van der Waals surface area contributed by atoms with Gasteiger partial charge in [-0.1, -0.05) is 51.1 Å². The molecule has 180 valence electrons. The number of nitrogens with zero attached hydrogens (tertiary/aromatic N) is 1. The van der Waals surface area contributed by atoms with Crippen molar-refractivity contribution in [1.29, 1.82) is 0 Å². The average Bonchev–Trinajstić information content (AvgIpc) is 2.69. The summed E-state index contributed by atoms with van der Waals surface area (Å²) in [6.45, 7) is 16.1. The largest absolute Gasteiger partial charge is 0.483 e. The van der Waals surface area contributed by atoms with Gasteiger partial charge in [-0.05, 0) is 84.8 Å². The molecule has 2 aromatic rings. The maximum absolute atomic E-state index is 13.3. The molecule has 0 unspecified atom stereocenters. The molecule has 0 heterocycles. The standard InChI is InChI=1S/C27H37BrN2O3/c1-18-11-9-10-12-20(18)16-30(19(2)25(32)29-27(6,7)8)24(31)17-33-23-14-13-21(15-22(23)28)26(3,4)5/h9-15,19H,16-17H2,1-8H3,(H,29,32)/t19-/m0/s1. The SMILES string of the molecule is Cc1ccccc1CN(C(=O)COc1ccc(C(C)(C)C)cc1Br)[C@@H](C)C(=O)NC(C)(C)C. The van der Waals surface area contributed by atoms with E-state index in [1.165, 1.54) is 5.56 Å². The highest BCUT2D eigenvalue weighted by molar-refractivity contribution is 9.10. The lowest BCUT2D eigenvalue weighted by Gasteiger charge is -2.31. The minimum absolute atomic E-state index is 0.0110. The number of benzene rings is 2. The predicted octanol–water partition coefficient (Wildman–Crippen LogP) is 5.77. The van der Waals surface area contributed by atoms with Gasteiger partial charge in [0.1, 0.15) is 11.8 Å². The summed E-state index contributed by atoms with van der Waals surface area (Å²) in [6.07, 6.45) is 0. The van der Waals surface area contributed by atoms with E-state index < -0.39 is 6.04 Å². The molecule has 0 aliphatic heterocycles. The van der Waals surface area contributed by atoms with Gasteiger partial charge >= 0.3 is 0 Å². The van der Waals surface area contributed by atoms with Crippen LogP contribution in [0.1, 0.15) is 65.2 Å². The van der Waals surface area contributed by atoms with Crippen molar-refractivity contribution in [1.82, 2.24) is 10.2 Å². The quantitative estimate of drug-likeness (QED) is 0.508. The maximum atomic E-state index is 13.3. The van der Waals surface area contributed by atoms with E-state index in [0.717, 1.165) is 15.6 Å². The van der Waals surface area contributed by atoms with Crippen molar-refractivity contribution < 1.29 is 14.3 Å². The van der Waals surface area contributed by atoms with Gasteiger partial charge < -0.3 is 15.0 Å². The number of amides is 2. The third-order valence-corrected chi connectivity index (χ3v) is 6.04. The molecule has 1 N–H and O–H groups in total. The molecule has 0 spiro atoms. The lowest BCUT2D eigenvalue weighted by molar-refractivity contribution is -0.142. The van der Waals surface area contributed by atoms with E-state index in [4.69, 9.17) is 4.74 Å². The number of halogens is 1. The summed E-state index contributed by atoms with van der Waals surface area (Å²) < 4.78 is 6.67. The lowest BCUT2D eigenvalue weighted by Crippen LogP contribution is -2.53.